The second kappa shape index (κ2) is 6.10. The van der Waals surface area contributed by atoms with Crippen LogP contribution in [0, 0.1) is 0 Å². The van der Waals surface area contributed by atoms with Crippen LogP contribution in [0.25, 0.3) is 5.82 Å². The predicted molar refractivity (Wildman–Crippen MR) is 66.0 cm³/mol. The fourth-order valence-corrected chi connectivity index (χ4v) is 1.62. The summed E-state index contributed by atoms with van der Waals surface area (Å²) in [7, 11) is 0. The number of nitrogens with zero attached hydrogens (tertiary/aromatic N) is 4. The molecule has 90 valence electrons. The van der Waals surface area contributed by atoms with Crippen LogP contribution in [-0.4, -0.2) is 33.1 Å². The molecule has 2 rings (SSSR count). The molecule has 0 atom stereocenters. The Labute approximate surface area is 101 Å². The molecule has 0 amide bonds. The summed E-state index contributed by atoms with van der Waals surface area (Å²) in [6.45, 7) is 4.19. The minimum absolute atomic E-state index is 0.755. The van der Waals surface area contributed by atoms with E-state index in [2.05, 4.69) is 27.5 Å². The Kier molecular flexibility index (Phi) is 4.21. The van der Waals surface area contributed by atoms with Crippen LogP contribution in [0.4, 0.5) is 0 Å². The SMILES string of the molecule is CCNCCCc1cnn(-c2cccnn2)c1. The molecule has 0 saturated carbocycles. The van der Waals surface area contributed by atoms with Gasteiger partial charge < -0.3 is 5.32 Å². The van der Waals surface area contributed by atoms with E-state index in [1.54, 1.807) is 10.9 Å². The lowest BCUT2D eigenvalue weighted by Gasteiger charge is -1.99. The standard InChI is InChI=1S/C12H17N5/c1-2-13-7-3-5-11-9-15-17(10-11)12-6-4-8-14-16-12/h4,6,8-10,13H,2-3,5,7H2,1H3. The Balaban J connectivity index is 1.92. The third kappa shape index (κ3) is 3.35. The monoisotopic (exact) mass is 231 g/mol. The zero-order valence-corrected chi connectivity index (χ0v) is 10.0. The maximum atomic E-state index is 4.28. The van der Waals surface area contributed by atoms with Gasteiger partial charge in [0.15, 0.2) is 5.82 Å². The summed E-state index contributed by atoms with van der Waals surface area (Å²) in [5.41, 5.74) is 1.23. The summed E-state index contributed by atoms with van der Waals surface area (Å²) < 4.78 is 1.76. The van der Waals surface area contributed by atoms with E-state index in [4.69, 9.17) is 0 Å². The average Bonchev–Trinajstić information content (AvgIpc) is 2.85. The minimum atomic E-state index is 0.755. The first kappa shape index (κ1) is 11.7. The van der Waals surface area contributed by atoms with Gasteiger partial charge in [0.1, 0.15) is 0 Å². The minimum Gasteiger partial charge on any atom is -0.317 e. The highest BCUT2D eigenvalue weighted by Crippen LogP contribution is 2.05. The van der Waals surface area contributed by atoms with Gasteiger partial charge in [-0.25, -0.2) is 4.68 Å². The topological polar surface area (TPSA) is 55.6 Å². The van der Waals surface area contributed by atoms with Crippen LogP contribution in [0.3, 0.4) is 0 Å². The molecular weight excluding hydrogens is 214 g/mol. The quantitative estimate of drug-likeness (QED) is 0.759. The van der Waals surface area contributed by atoms with Crippen molar-refractivity contribution in [3.8, 4) is 5.82 Å². The zero-order valence-electron chi connectivity index (χ0n) is 10.0. The third-order valence-electron chi connectivity index (χ3n) is 2.50. The number of hydrogen-bond donors (Lipinski definition) is 1. The molecule has 2 aromatic heterocycles. The van der Waals surface area contributed by atoms with Crippen molar-refractivity contribution < 1.29 is 0 Å². The van der Waals surface area contributed by atoms with E-state index in [9.17, 15) is 0 Å². The van der Waals surface area contributed by atoms with Crippen LogP contribution in [0.15, 0.2) is 30.7 Å². The Morgan fingerprint density at radius 1 is 1.41 bits per heavy atom. The molecule has 0 bridgehead atoms. The molecule has 17 heavy (non-hydrogen) atoms. The lowest BCUT2D eigenvalue weighted by Crippen LogP contribution is -2.14. The van der Waals surface area contributed by atoms with Gasteiger partial charge in [-0.2, -0.15) is 10.2 Å². The molecule has 0 aliphatic rings. The highest BCUT2D eigenvalue weighted by molar-refractivity contribution is 5.20. The van der Waals surface area contributed by atoms with Crippen molar-refractivity contribution in [2.75, 3.05) is 13.1 Å². The lowest BCUT2D eigenvalue weighted by molar-refractivity contribution is 0.672. The first-order chi connectivity index (χ1) is 8.40. The van der Waals surface area contributed by atoms with E-state index >= 15 is 0 Å². The summed E-state index contributed by atoms with van der Waals surface area (Å²) >= 11 is 0. The van der Waals surface area contributed by atoms with Crippen LogP contribution in [0.2, 0.25) is 0 Å². The van der Waals surface area contributed by atoms with Crippen molar-refractivity contribution in [3.63, 3.8) is 0 Å². The fourth-order valence-electron chi connectivity index (χ4n) is 1.62. The van der Waals surface area contributed by atoms with E-state index in [0.717, 1.165) is 31.7 Å². The van der Waals surface area contributed by atoms with Crippen LogP contribution >= 0.6 is 0 Å². The number of hydrogen-bond acceptors (Lipinski definition) is 4. The molecule has 1 N–H and O–H groups in total. The van der Waals surface area contributed by atoms with Gasteiger partial charge in [0, 0.05) is 12.4 Å². The van der Waals surface area contributed by atoms with E-state index in [1.165, 1.54) is 5.56 Å². The van der Waals surface area contributed by atoms with Gasteiger partial charge >= 0.3 is 0 Å². The number of nitrogens with one attached hydrogen (secondary N) is 1. The van der Waals surface area contributed by atoms with Gasteiger partial charge in [-0.3, -0.25) is 0 Å². The van der Waals surface area contributed by atoms with Gasteiger partial charge in [0.2, 0.25) is 0 Å². The number of rotatable bonds is 6. The second-order valence-electron chi connectivity index (χ2n) is 3.83. The van der Waals surface area contributed by atoms with Crippen LogP contribution in [-0.2, 0) is 6.42 Å². The number of aromatic nitrogens is 4. The summed E-state index contributed by atoms with van der Waals surface area (Å²) in [6, 6.07) is 3.75. The molecule has 5 nitrogen and oxygen atoms in total. The molecule has 2 aromatic rings. The third-order valence-corrected chi connectivity index (χ3v) is 2.50. The first-order valence-corrected chi connectivity index (χ1v) is 5.92. The van der Waals surface area contributed by atoms with E-state index in [1.807, 2.05) is 24.5 Å². The molecule has 0 radical (unpaired) electrons. The average molecular weight is 231 g/mol. The van der Waals surface area contributed by atoms with Crippen LogP contribution in [0.5, 0.6) is 0 Å². The lowest BCUT2D eigenvalue weighted by atomic mass is 10.2. The Morgan fingerprint density at radius 2 is 2.35 bits per heavy atom. The van der Waals surface area contributed by atoms with Gasteiger partial charge in [0.25, 0.3) is 0 Å². The molecule has 5 heteroatoms. The van der Waals surface area contributed by atoms with Crippen molar-refractivity contribution in [1.82, 2.24) is 25.3 Å². The molecule has 0 fully saturated rings. The molecule has 0 aliphatic carbocycles. The summed E-state index contributed by atoms with van der Waals surface area (Å²) in [6.07, 6.45) is 7.72. The molecular formula is C12H17N5. The van der Waals surface area contributed by atoms with Gasteiger partial charge in [0.05, 0.1) is 6.20 Å². The van der Waals surface area contributed by atoms with Crippen LogP contribution in [0.1, 0.15) is 18.9 Å². The van der Waals surface area contributed by atoms with Crippen LogP contribution < -0.4 is 5.32 Å². The maximum absolute atomic E-state index is 4.28. The molecule has 2 heterocycles. The van der Waals surface area contributed by atoms with Gasteiger partial charge in [-0.05, 0) is 43.6 Å². The van der Waals surface area contributed by atoms with Gasteiger partial charge in [-0.1, -0.05) is 6.92 Å². The highest BCUT2D eigenvalue weighted by atomic mass is 15.3. The summed E-state index contributed by atoms with van der Waals surface area (Å²) in [5.74, 6) is 0.755. The predicted octanol–water partition coefficient (Wildman–Crippen LogP) is 1.20. The fraction of sp³-hybridized carbons (Fsp3) is 0.417. The Morgan fingerprint density at radius 3 is 3.12 bits per heavy atom. The largest absolute Gasteiger partial charge is 0.317 e. The van der Waals surface area contributed by atoms with Crippen molar-refractivity contribution >= 4 is 0 Å². The molecule has 0 aromatic carbocycles. The van der Waals surface area contributed by atoms with E-state index < -0.39 is 0 Å². The second-order valence-corrected chi connectivity index (χ2v) is 3.83. The molecule has 0 unspecified atom stereocenters. The Bertz CT molecular complexity index is 437. The summed E-state index contributed by atoms with van der Waals surface area (Å²) in [4.78, 5) is 0. The molecule has 0 saturated heterocycles. The van der Waals surface area contributed by atoms with E-state index in [0.29, 0.717) is 0 Å². The molecule has 0 spiro atoms. The van der Waals surface area contributed by atoms with Gasteiger partial charge in [-0.15, -0.1) is 5.10 Å². The highest BCUT2D eigenvalue weighted by Gasteiger charge is 2.01. The van der Waals surface area contributed by atoms with E-state index in [-0.39, 0.29) is 0 Å². The van der Waals surface area contributed by atoms with Crippen molar-refractivity contribution in [1.29, 1.82) is 0 Å². The zero-order chi connectivity index (χ0) is 11.9. The van der Waals surface area contributed by atoms with Crippen molar-refractivity contribution in [2.45, 2.75) is 19.8 Å². The molecule has 0 aliphatic heterocycles. The normalized spacial score (nSPS) is 10.6. The van der Waals surface area contributed by atoms with Crippen molar-refractivity contribution in [3.05, 3.63) is 36.3 Å². The maximum Gasteiger partial charge on any atom is 0.175 e. The smallest absolute Gasteiger partial charge is 0.175 e. The van der Waals surface area contributed by atoms with Crippen molar-refractivity contribution in [2.24, 2.45) is 0 Å². The summed E-state index contributed by atoms with van der Waals surface area (Å²) in [5, 5.41) is 15.4. The number of aryl methyl sites for hydroxylation is 1. The Hall–Kier alpha value is -1.75. The first-order valence-electron chi connectivity index (χ1n) is 5.92.